The summed E-state index contributed by atoms with van der Waals surface area (Å²) in [4.78, 5) is 17.3. The van der Waals surface area contributed by atoms with Gasteiger partial charge in [0.15, 0.2) is 0 Å². The van der Waals surface area contributed by atoms with E-state index in [1.165, 1.54) is 0 Å². The minimum Gasteiger partial charge on any atom is -0.494 e. The van der Waals surface area contributed by atoms with Gasteiger partial charge in [-0.25, -0.2) is 4.79 Å². The maximum atomic E-state index is 13.1. The zero-order chi connectivity index (χ0) is 21.2. The fraction of sp³-hybridized carbons (Fsp3) is 0.435. The minimum absolute atomic E-state index is 0.0993. The molecule has 7 heteroatoms. The van der Waals surface area contributed by atoms with Crippen molar-refractivity contribution in [2.75, 3.05) is 51.3 Å². The van der Waals surface area contributed by atoms with Crippen molar-refractivity contribution in [2.45, 2.75) is 19.9 Å². The van der Waals surface area contributed by atoms with E-state index >= 15 is 0 Å². The molecule has 2 amide bonds. The third kappa shape index (κ3) is 7.00. The number of nitrogens with one attached hydrogen (secondary N) is 1. The number of halogens is 1. The van der Waals surface area contributed by atoms with Gasteiger partial charge in [0.05, 0.1) is 25.5 Å². The number of amides is 2. The van der Waals surface area contributed by atoms with Crippen molar-refractivity contribution in [3.63, 3.8) is 0 Å². The summed E-state index contributed by atoms with van der Waals surface area (Å²) in [5, 5.41) is 3.03. The predicted molar refractivity (Wildman–Crippen MR) is 123 cm³/mol. The van der Waals surface area contributed by atoms with Crippen LogP contribution in [-0.4, -0.2) is 61.8 Å². The topological polar surface area (TPSA) is 54.0 Å². The van der Waals surface area contributed by atoms with E-state index in [4.69, 9.17) is 9.47 Å². The number of ether oxygens (including phenoxy) is 2. The van der Waals surface area contributed by atoms with E-state index < -0.39 is 0 Å². The van der Waals surface area contributed by atoms with Gasteiger partial charge in [-0.2, -0.15) is 0 Å². The van der Waals surface area contributed by atoms with Gasteiger partial charge in [0.25, 0.3) is 0 Å². The average molecular weight is 476 g/mol. The van der Waals surface area contributed by atoms with Crippen LogP contribution in [0.25, 0.3) is 0 Å². The van der Waals surface area contributed by atoms with E-state index in [0.717, 1.165) is 60.7 Å². The number of anilines is 1. The highest BCUT2D eigenvalue weighted by Gasteiger charge is 2.17. The molecule has 1 heterocycles. The number of para-hydroxylation sites is 1. The highest BCUT2D eigenvalue weighted by molar-refractivity contribution is 9.10. The standard InChI is InChI=1S/C23H30BrN3O3/c1-2-30-20-10-8-19(9-11-20)18-27(13-5-12-26-14-16-29-17-15-26)23(28)25-22-7-4-3-6-21(22)24/h3-4,6-11H,2,5,12-18H2,1H3,(H,25,28). The molecule has 1 aliphatic rings. The van der Waals surface area contributed by atoms with Crippen molar-refractivity contribution in [3.05, 3.63) is 58.6 Å². The molecule has 0 atom stereocenters. The van der Waals surface area contributed by atoms with Crippen LogP contribution in [0.1, 0.15) is 18.9 Å². The fourth-order valence-electron chi connectivity index (χ4n) is 3.40. The second-order valence-corrected chi connectivity index (χ2v) is 8.07. The van der Waals surface area contributed by atoms with E-state index in [0.29, 0.717) is 19.7 Å². The lowest BCUT2D eigenvalue weighted by molar-refractivity contribution is 0.0365. The van der Waals surface area contributed by atoms with E-state index in [1.54, 1.807) is 0 Å². The van der Waals surface area contributed by atoms with E-state index in [1.807, 2.05) is 60.4 Å². The lowest BCUT2D eigenvalue weighted by Gasteiger charge is -2.28. The van der Waals surface area contributed by atoms with Crippen molar-refractivity contribution in [2.24, 2.45) is 0 Å². The highest BCUT2D eigenvalue weighted by Crippen LogP contribution is 2.22. The molecular weight excluding hydrogens is 446 g/mol. The number of hydrogen-bond donors (Lipinski definition) is 1. The van der Waals surface area contributed by atoms with Gasteiger partial charge in [-0.15, -0.1) is 0 Å². The SMILES string of the molecule is CCOc1ccc(CN(CCCN2CCOCC2)C(=O)Nc2ccccc2Br)cc1. The van der Waals surface area contributed by atoms with Gasteiger partial charge in [-0.05, 0) is 59.1 Å². The number of hydrogen-bond acceptors (Lipinski definition) is 4. The molecule has 0 spiro atoms. The summed E-state index contributed by atoms with van der Waals surface area (Å²) < 4.78 is 11.8. The monoisotopic (exact) mass is 475 g/mol. The zero-order valence-electron chi connectivity index (χ0n) is 17.5. The molecule has 162 valence electrons. The summed E-state index contributed by atoms with van der Waals surface area (Å²) in [6, 6.07) is 15.5. The zero-order valence-corrected chi connectivity index (χ0v) is 19.1. The molecule has 1 N–H and O–H groups in total. The molecular formula is C23H30BrN3O3. The second-order valence-electron chi connectivity index (χ2n) is 7.22. The molecule has 1 fully saturated rings. The Hall–Kier alpha value is -2.09. The molecule has 0 bridgehead atoms. The summed E-state index contributed by atoms with van der Waals surface area (Å²) in [5.41, 5.74) is 1.85. The Morgan fingerprint density at radius 1 is 1.17 bits per heavy atom. The van der Waals surface area contributed by atoms with Crippen LogP contribution in [0.5, 0.6) is 5.75 Å². The largest absolute Gasteiger partial charge is 0.494 e. The Bertz CT molecular complexity index is 795. The molecule has 2 aromatic rings. The van der Waals surface area contributed by atoms with Crippen LogP contribution in [-0.2, 0) is 11.3 Å². The second kappa shape index (κ2) is 11.9. The quantitative estimate of drug-likeness (QED) is 0.575. The van der Waals surface area contributed by atoms with Crippen molar-refractivity contribution in [1.82, 2.24) is 9.80 Å². The Morgan fingerprint density at radius 3 is 2.60 bits per heavy atom. The van der Waals surface area contributed by atoms with Crippen LogP contribution in [0.3, 0.4) is 0 Å². The van der Waals surface area contributed by atoms with Crippen LogP contribution in [0.4, 0.5) is 10.5 Å². The van der Waals surface area contributed by atoms with E-state index in [2.05, 4.69) is 26.1 Å². The molecule has 30 heavy (non-hydrogen) atoms. The molecule has 3 rings (SSSR count). The molecule has 2 aromatic carbocycles. The van der Waals surface area contributed by atoms with Crippen molar-refractivity contribution in [3.8, 4) is 5.75 Å². The van der Waals surface area contributed by atoms with Gasteiger partial charge in [-0.3, -0.25) is 4.90 Å². The molecule has 0 radical (unpaired) electrons. The predicted octanol–water partition coefficient (Wildman–Crippen LogP) is 4.60. The summed E-state index contributed by atoms with van der Waals surface area (Å²) in [6.07, 6.45) is 0.917. The van der Waals surface area contributed by atoms with E-state index in [-0.39, 0.29) is 6.03 Å². The molecule has 0 aromatic heterocycles. The Kier molecular flexibility index (Phi) is 8.99. The minimum atomic E-state index is -0.0993. The lowest BCUT2D eigenvalue weighted by Crippen LogP contribution is -2.40. The third-order valence-corrected chi connectivity index (χ3v) is 5.71. The number of nitrogens with zero attached hydrogens (tertiary/aromatic N) is 2. The Balaban J connectivity index is 1.63. The molecule has 1 aliphatic heterocycles. The number of carbonyl (C=O) groups is 1. The first-order valence-corrected chi connectivity index (χ1v) is 11.3. The summed E-state index contributed by atoms with van der Waals surface area (Å²) in [7, 11) is 0. The lowest BCUT2D eigenvalue weighted by atomic mass is 10.2. The van der Waals surface area contributed by atoms with Crippen LogP contribution < -0.4 is 10.1 Å². The number of carbonyl (C=O) groups excluding carboxylic acids is 1. The van der Waals surface area contributed by atoms with Crippen molar-refractivity contribution < 1.29 is 14.3 Å². The van der Waals surface area contributed by atoms with E-state index in [9.17, 15) is 4.79 Å². The Morgan fingerprint density at radius 2 is 1.90 bits per heavy atom. The first-order valence-electron chi connectivity index (χ1n) is 10.5. The maximum absolute atomic E-state index is 13.1. The third-order valence-electron chi connectivity index (χ3n) is 5.02. The molecule has 0 unspecified atom stereocenters. The molecule has 0 saturated carbocycles. The van der Waals surface area contributed by atoms with Gasteiger partial charge in [0.2, 0.25) is 0 Å². The summed E-state index contributed by atoms with van der Waals surface area (Å²) in [6.45, 7) is 8.30. The normalized spacial score (nSPS) is 14.3. The number of benzene rings is 2. The summed E-state index contributed by atoms with van der Waals surface area (Å²) in [5.74, 6) is 0.845. The smallest absolute Gasteiger partial charge is 0.322 e. The first-order chi connectivity index (χ1) is 14.7. The summed E-state index contributed by atoms with van der Waals surface area (Å²) >= 11 is 3.50. The van der Waals surface area contributed by atoms with Crippen molar-refractivity contribution in [1.29, 1.82) is 0 Å². The number of rotatable bonds is 9. The van der Waals surface area contributed by atoms with Gasteiger partial charge in [0.1, 0.15) is 5.75 Å². The van der Waals surface area contributed by atoms with Gasteiger partial charge >= 0.3 is 6.03 Å². The van der Waals surface area contributed by atoms with Crippen LogP contribution in [0.2, 0.25) is 0 Å². The molecule has 1 saturated heterocycles. The number of morpholine rings is 1. The van der Waals surface area contributed by atoms with Crippen LogP contribution in [0, 0.1) is 0 Å². The molecule has 6 nitrogen and oxygen atoms in total. The first kappa shape index (κ1) is 22.6. The van der Waals surface area contributed by atoms with Gasteiger partial charge in [0, 0.05) is 37.2 Å². The average Bonchev–Trinajstić information content (AvgIpc) is 2.77. The maximum Gasteiger partial charge on any atom is 0.322 e. The van der Waals surface area contributed by atoms with Crippen molar-refractivity contribution >= 4 is 27.6 Å². The van der Waals surface area contributed by atoms with Gasteiger partial charge < -0.3 is 19.7 Å². The van der Waals surface area contributed by atoms with Gasteiger partial charge in [-0.1, -0.05) is 24.3 Å². The van der Waals surface area contributed by atoms with Crippen LogP contribution in [0.15, 0.2) is 53.0 Å². The highest BCUT2D eigenvalue weighted by atomic mass is 79.9. The Labute approximate surface area is 187 Å². The van der Waals surface area contributed by atoms with Crippen LogP contribution >= 0.6 is 15.9 Å². The molecule has 0 aliphatic carbocycles. The number of urea groups is 1. The fourth-order valence-corrected chi connectivity index (χ4v) is 3.78.